The Morgan fingerprint density at radius 3 is 2.33 bits per heavy atom. The molecule has 6 heteroatoms. The first-order chi connectivity index (χ1) is 10.0. The third-order valence-corrected chi connectivity index (χ3v) is 3.30. The second kappa shape index (κ2) is 9.51. The molecule has 0 aliphatic carbocycles. The highest BCUT2D eigenvalue weighted by Crippen LogP contribution is 2.12. The van der Waals surface area contributed by atoms with Crippen molar-refractivity contribution in [1.29, 1.82) is 0 Å². The van der Waals surface area contributed by atoms with E-state index in [1.807, 2.05) is 12.1 Å². The fourth-order valence-corrected chi connectivity index (χ4v) is 1.92. The van der Waals surface area contributed by atoms with Crippen LogP contribution in [-0.2, 0) is 19.0 Å². The van der Waals surface area contributed by atoms with Crippen LogP contribution in [0.2, 0.25) is 0 Å². The summed E-state index contributed by atoms with van der Waals surface area (Å²) in [5, 5.41) is 0. The molecule has 0 N–H and O–H groups in total. The average Bonchev–Trinajstić information content (AvgIpc) is 2.46. The Hall–Kier alpha value is -1.41. The molecular formula is C15H17IO5. The molecule has 0 fully saturated rings. The van der Waals surface area contributed by atoms with Gasteiger partial charge in [0.25, 0.3) is 0 Å². The Kier molecular flexibility index (Phi) is 7.99. The molecule has 0 spiro atoms. The molecule has 0 aliphatic heterocycles. The zero-order valence-corrected chi connectivity index (χ0v) is 13.9. The van der Waals surface area contributed by atoms with Crippen molar-refractivity contribution in [1.82, 2.24) is 0 Å². The van der Waals surface area contributed by atoms with E-state index in [4.69, 9.17) is 14.2 Å². The lowest BCUT2D eigenvalue weighted by Gasteiger charge is -2.07. The van der Waals surface area contributed by atoms with Crippen LogP contribution in [0.25, 0.3) is 0 Å². The summed E-state index contributed by atoms with van der Waals surface area (Å²) < 4.78 is 16.0. The highest BCUT2D eigenvalue weighted by molar-refractivity contribution is 14.1. The number of carbonyl (C=O) groups excluding carboxylic acids is 2. The van der Waals surface area contributed by atoms with Gasteiger partial charge >= 0.3 is 11.9 Å². The van der Waals surface area contributed by atoms with E-state index in [1.54, 1.807) is 19.1 Å². The van der Waals surface area contributed by atoms with E-state index in [-0.39, 0.29) is 32.4 Å². The zero-order valence-electron chi connectivity index (χ0n) is 11.8. The number of halogens is 1. The minimum absolute atomic E-state index is 0.149. The minimum atomic E-state index is -0.441. The van der Waals surface area contributed by atoms with Crippen LogP contribution in [0.4, 0.5) is 0 Å². The predicted octanol–water partition coefficient (Wildman–Crippen LogP) is 2.58. The van der Waals surface area contributed by atoms with Crippen molar-refractivity contribution in [2.45, 2.75) is 6.92 Å². The summed E-state index contributed by atoms with van der Waals surface area (Å²) in [6, 6.07) is 7.19. The van der Waals surface area contributed by atoms with E-state index in [0.717, 1.165) is 3.57 Å². The van der Waals surface area contributed by atoms with Crippen LogP contribution in [0, 0.1) is 3.57 Å². The minimum Gasteiger partial charge on any atom is -0.460 e. The number of rotatable bonds is 8. The van der Waals surface area contributed by atoms with Gasteiger partial charge in [0.1, 0.15) is 13.2 Å². The maximum Gasteiger partial charge on any atom is 0.339 e. The van der Waals surface area contributed by atoms with Crippen LogP contribution in [-0.4, -0.2) is 38.4 Å². The average molecular weight is 404 g/mol. The fraction of sp³-hybridized carbons (Fsp3) is 0.333. The topological polar surface area (TPSA) is 61.8 Å². The lowest BCUT2D eigenvalue weighted by atomic mass is 10.2. The molecule has 1 rings (SSSR count). The van der Waals surface area contributed by atoms with E-state index in [1.165, 1.54) is 0 Å². The molecule has 114 valence electrons. The maximum atomic E-state index is 11.8. The summed E-state index contributed by atoms with van der Waals surface area (Å²) in [5.74, 6) is -0.819. The molecule has 0 unspecified atom stereocenters. The maximum absolute atomic E-state index is 11.8. The lowest BCUT2D eigenvalue weighted by molar-refractivity contribution is -0.140. The largest absolute Gasteiger partial charge is 0.460 e. The monoisotopic (exact) mass is 404 g/mol. The highest BCUT2D eigenvalue weighted by Gasteiger charge is 2.10. The molecule has 1 aromatic carbocycles. The number of hydrogen-bond donors (Lipinski definition) is 0. The van der Waals surface area contributed by atoms with Gasteiger partial charge in [-0.05, 0) is 41.6 Å². The zero-order chi connectivity index (χ0) is 15.7. The van der Waals surface area contributed by atoms with Crippen LogP contribution in [0.5, 0.6) is 0 Å². The molecule has 0 heterocycles. The number of benzene rings is 1. The van der Waals surface area contributed by atoms with E-state index in [2.05, 4.69) is 29.2 Å². The van der Waals surface area contributed by atoms with Crippen molar-refractivity contribution >= 4 is 34.5 Å². The van der Waals surface area contributed by atoms with Crippen LogP contribution >= 0.6 is 22.6 Å². The SMILES string of the molecule is C=C(C)C(=O)OCCOCCOC(=O)c1ccccc1I. The molecule has 1 aromatic rings. The van der Waals surface area contributed by atoms with Gasteiger partial charge in [-0.3, -0.25) is 0 Å². The number of esters is 2. The van der Waals surface area contributed by atoms with Gasteiger partial charge in [0, 0.05) is 9.14 Å². The van der Waals surface area contributed by atoms with E-state index >= 15 is 0 Å². The molecular weight excluding hydrogens is 387 g/mol. The van der Waals surface area contributed by atoms with E-state index < -0.39 is 5.97 Å². The molecule has 0 saturated heterocycles. The van der Waals surface area contributed by atoms with Crippen molar-refractivity contribution in [2.24, 2.45) is 0 Å². The van der Waals surface area contributed by atoms with Gasteiger partial charge in [-0.1, -0.05) is 18.7 Å². The Morgan fingerprint density at radius 2 is 1.71 bits per heavy atom. The molecule has 0 amide bonds. The molecule has 0 aromatic heterocycles. The van der Waals surface area contributed by atoms with Crippen LogP contribution < -0.4 is 0 Å². The molecule has 21 heavy (non-hydrogen) atoms. The van der Waals surface area contributed by atoms with Crippen LogP contribution in [0.1, 0.15) is 17.3 Å². The third-order valence-electron chi connectivity index (χ3n) is 2.36. The normalized spacial score (nSPS) is 10.0. The molecule has 0 aliphatic rings. The first-order valence-corrected chi connectivity index (χ1v) is 7.42. The van der Waals surface area contributed by atoms with E-state index in [0.29, 0.717) is 11.1 Å². The third kappa shape index (κ3) is 6.72. The molecule has 5 nitrogen and oxygen atoms in total. The highest BCUT2D eigenvalue weighted by atomic mass is 127. The van der Waals surface area contributed by atoms with Gasteiger partial charge in [0.15, 0.2) is 0 Å². The summed E-state index contributed by atoms with van der Waals surface area (Å²) in [4.78, 5) is 22.8. The number of ether oxygens (including phenoxy) is 3. The van der Waals surface area contributed by atoms with Gasteiger partial charge in [-0.15, -0.1) is 0 Å². The Bertz CT molecular complexity index is 513. The molecule has 0 saturated carbocycles. The standard InChI is InChI=1S/C15H17IO5/c1-11(2)14(17)20-9-7-19-8-10-21-15(18)12-5-3-4-6-13(12)16/h3-6H,1,7-10H2,2H3. The summed E-state index contributed by atoms with van der Waals surface area (Å²) in [6.07, 6.45) is 0. The fourth-order valence-electron chi connectivity index (χ4n) is 1.32. The Balaban J connectivity index is 2.12. The first-order valence-electron chi connectivity index (χ1n) is 6.34. The van der Waals surface area contributed by atoms with Gasteiger partial charge in [0.2, 0.25) is 0 Å². The quantitative estimate of drug-likeness (QED) is 0.289. The Morgan fingerprint density at radius 1 is 1.10 bits per heavy atom. The van der Waals surface area contributed by atoms with Crippen molar-refractivity contribution in [3.05, 3.63) is 45.6 Å². The first kappa shape index (κ1) is 17.6. The van der Waals surface area contributed by atoms with Crippen molar-refractivity contribution < 1.29 is 23.8 Å². The van der Waals surface area contributed by atoms with E-state index in [9.17, 15) is 9.59 Å². The lowest BCUT2D eigenvalue weighted by Crippen LogP contribution is -2.15. The smallest absolute Gasteiger partial charge is 0.339 e. The van der Waals surface area contributed by atoms with Gasteiger partial charge in [-0.25, -0.2) is 9.59 Å². The summed E-state index contributed by atoms with van der Waals surface area (Å²) in [7, 11) is 0. The van der Waals surface area contributed by atoms with Crippen molar-refractivity contribution in [2.75, 3.05) is 26.4 Å². The van der Waals surface area contributed by atoms with Gasteiger partial charge in [-0.2, -0.15) is 0 Å². The second-order valence-electron chi connectivity index (χ2n) is 4.14. The molecule has 0 atom stereocenters. The molecule has 0 radical (unpaired) electrons. The van der Waals surface area contributed by atoms with Gasteiger partial charge < -0.3 is 14.2 Å². The second-order valence-corrected chi connectivity index (χ2v) is 5.31. The molecule has 0 bridgehead atoms. The Labute approximate surface area is 137 Å². The predicted molar refractivity (Wildman–Crippen MR) is 86.0 cm³/mol. The van der Waals surface area contributed by atoms with Crippen LogP contribution in [0.3, 0.4) is 0 Å². The van der Waals surface area contributed by atoms with Crippen molar-refractivity contribution in [3.8, 4) is 0 Å². The number of hydrogen-bond acceptors (Lipinski definition) is 5. The number of carbonyl (C=O) groups is 2. The summed E-state index contributed by atoms with van der Waals surface area (Å²) in [5.41, 5.74) is 0.884. The summed E-state index contributed by atoms with van der Waals surface area (Å²) >= 11 is 2.08. The van der Waals surface area contributed by atoms with Crippen LogP contribution in [0.15, 0.2) is 36.4 Å². The summed E-state index contributed by atoms with van der Waals surface area (Å²) in [6.45, 7) is 5.84. The van der Waals surface area contributed by atoms with Crippen molar-refractivity contribution in [3.63, 3.8) is 0 Å². The van der Waals surface area contributed by atoms with Gasteiger partial charge in [0.05, 0.1) is 18.8 Å².